The fourth-order valence-electron chi connectivity index (χ4n) is 12.8. The summed E-state index contributed by atoms with van der Waals surface area (Å²) in [4.78, 5) is 229. The molecule has 2 fully saturated rings. The van der Waals surface area contributed by atoms with E-state index in [9.17, 15) is 123 Å². The summed E-state index contributed by atoms with van der Waals surface area (Å²) < 4.78 is 83.3. The van der Waals surface area contributed by atoms with Crippen molar-refractivity contribution in [2.45, 2.75) is 209 Å². The van der Waals surface area contributed by atoms with Gasteiger partial charge >= 0.3 is 18.3 Å². The molecule has 0 radical (unpaired) electrons. The number of halogens is 6. The number of carbonyl (C=O) groups is 16. The number of guanidine groups is 1. The number of alkyl halides is 6. The first-order chi connectivity index (χ1) is 57.1. The van der Waals surface area contributed by atoms with Crippen LogP contribution < -0.4 is 75.3 Å². The number of hydrogen-bond donors (Lipinski definition) is 19. The maximum absolute atomic E-state index is 15.0. The summed E-state index contributed by atoms with van der Waals surface area (Å²) in [5, 5.41) is 78.8. The molecule has 15 atom stereocenters. The molecular formula is C77H106F6N18O20S. The smallest absolute Gasteiger partial charge is 0.416 e. The number of aliphatic hydroxyl groups excluding tert-OH is 3. The number of primary amides is 1. The molecule has 15 amide bonds. The fourth-order valence-corrected chi connectivity index (χ4v) is 13.6. The highest BCUT2D eigenvalue weighted by Gasteiger charge is 2.44. The topological polar surface area (TPSA) is 584 Å². The molecule has 672 valence electrons. The number of carboxylic acid groups (broad SMARTS) is 1. The number of hydrogen-bond acceptors (Lipinski definition) is 21. The molecule has 2 aliphatic heterocycles. The van der Waals surface area contributed by atoms with E-state index < -0.39 is 271 Å². The number of benzene rings is 3. The lowest BCUT2D eigenvalue weighted by Crippen LogP contribution is -2.64. The number of nitrogens with one attached hydrogen (secondary N) is 13. The fraction of sp³-hybridized carbons (Fsp3) is 0.545. The standard InChI is InChI=1S/C77H106F6N18O20S/c1-38(2)59-69(116)94-53(35-102)67(114)97-61(42(6)104)71(118)98-60(41(5)103)70(117)93-52(33-45-23-27-47(28-24-45)77(81,82)83)73(120)100(8)40(4)63(110)92-51(32-44-21-25-46(26-22-44)76(78,79)80)72(119)99(7)39(3)62(109)90-48(17-12-20-58(107)108)65(112)91-49(18-13-29-87-75(85)86)74(121)101-30-14-19-55(101)68(115)95-54(64(111)88-34-56(84)105)36-122-37-57(106)89-50(66(113)96-59)31-43-15-10-9-11-16-43/h9-11,15-16,21-28,38-42,48-55,59-61,102-104H,12-14,17-20,29-37H2,1-8H3,(H2,84,105)(H,88,111)(H,89,106)(H,90,109)(H,91,112)(H,92,110)(H,93,117)(H,94,116)(H,95,115)(H,96,113)(H,97,114)(H,98,118)(H,107,108)(H4,85,86,87)/t39-,40-,41+,42+,48-,49-,50-,51-,52-,53-,54-,55-,59-,60-,61-/m0/s1. The molecule has 0 saturated carbocycles. The van der Waals surface area contributed by atoms with Gasteiger partial charge in [0.05, 0.1) is 42.2 Å². The highest BCUT2D eigenvalue weighted by atomic mass is 32.2. The highest BCUT2D eigenvalue weighted by molar-refractivity contribution is 8.00. The Morgan fingerprint density at radius 2 is 0.967 bits per heavy atom. The van der Waals surface area contributed by atoms with Crippen LogP contribution in [0.2, 0.25) is 0 Å². The molecule has 122 heavy (non-hydrogen) atoms. The van der Waals surface area contributed by atoms with Gasteiger partial charge in [-0.2, -0.15) is 26.3 Å². The van der Waals surface area contributed by atoms with Crippen LogP contribution in [0.3, 0.4) is 0 Å². The van der Waals surface area contributed by atoms with Crippen molar-refractivity contribution in [1.82, 2.24) is 78.5 Å². The van der Waals surface area contributed by atoms with Gasteiger partial charge in [0.15, 0.2) is 5.96 Å². The third-order valence-corrected chi connectivity index (χ3v) is 21.0. The van der Waals surface area contributed by atoms with Gasteiger partial charge in [-0.3, -0.25) is 82.1 Å². The maximum Gasteiger partial charge on any atom is 0.416 e. The minimum atomic E-state index is -4.88. The van der Waals surface area contributed by atoms with Crippen molar-refractivity contribution in [3.05, 3.63) is 107 Å². The zero-order valence-corrected chi connectivity index (χ0v) is 68.9. The average molecular weight is 1750 g/mol. The lowest BCUT2D eigenvalue weighted by Gasteiger charge is -2.33. The van der Waals surface area contributed by atoms with Crippen LogP contribution >= 0.6 is 11.8 Å². The van der Waals surface area contributed by atoms with Crippen molar-refractivity contribution in [2.75, 3.05) is 51.8 Å². The van der Waals surface area contributed by atoms with Crippen molar-refractivity contribution >= 4 is 112 Å². The van der Waals surface area contributed by atoms with Gasteiger partial charge < -0.3 is 110 Å². The summed E-state index contributed by atoms with van der Waals surface area (Å²) in [6.07, 6.45) is -16.9. The molecule has 5 rings (SSSR count). The number of carboxylic acids is 1. The summed E-state index contributed by atoms with van der Waals surface area (Å²) >= 11 is 0.733. The van der Waals surface area contributed by atoms with E-state index in [-0.39, 0.29) is 62.7 Å². The second kappa shape index (κ2) is 46.9. The van der Waals surface area contributed by atoms with Gasteiger partial charge in [0.1, 0.15) is 78.5 Å². The Hall–Kier alpha value is -11.7. The molecular weight excluding hydrogens is 1640 g/mol. The Kier molecular flexibility index (Phi) is 38.7. The third kappa shape index (κ3) is 31.1. The Balaban J connectivity index is 1.64. The van der Waals surface area contributed by atoms with Gasteiger partial charge in [-0.05, 0) is 113 Å². The molecule has 0 unspecified atom stereocenters. The maximum atomic E-state index is 15.0. The van der Waals surface area contributed by atoms with E-state index in [0.29, 0.717) is 34.7 Å². The first kappa shape index (κ1) is 101. The number of nitrogens with zero attached hydrogens (tertiary/aromatic N) is 3. The Morgan fingerprint density at radius 1 is 0.533 bits per heavy atom. The molecule has 38 nitrogen and oxygen atoms in total. The van der Waals surface area contributed by atoms with Crippen molar-refractivity contribution in [2.24, 2.45) is 17.4 Å². The summed E-state index contributed by atoms with van der Waals surface area (Å²) in [5.74, 6) is -20.7. The first-order valence-corrected chi connectivity index (χ1v) is 39.9. The van der Waals surface area contributed by atoms with Gasteiger partial charge in [0.25, 0.3) is 0 Å². The Morgan fingerprint density at radius 3 is 1.45 bits per heavy atom. The Labute approximate surface area is 701 Å². The quantitative estimate of drug-likeness (QED) is 0.0214. The van der Waals surface area contributed by atoms with Gasteiger partial charge in [-0.25, -0.2) is 0 Å². The first-order valence-electron chi connectivity index (χ1n) is 38.8. The van der Waals surface area contributed by atoms with E-state index in [4.69, 9.17) is 16.9 Å². The minimum Gasteiger partial charge on any atom is -0.481 e. The molecule has 3 aromatic rings. The van der Waals surface area contributed by atoms with Crippen LogP contribution in [0.5, 0.6) is 0 Å². The van der Waals surface area contributed by atoms with E-state index in [1.54, 1.807) is 30.3 Å². The number of carbonyl (C=O) groups excluding carboxylic acids is 15. The van der Waals surface area contributed by atoms with Crippen molar-refractivity contribution in [3.63, 3.8) is 0 Å². The SMILES string of the molecule is CC(C)[C@@H]1NC(=O)[C@H](Cc2ccccc2)NC(=O)CSC[C@@H](C(=O)NCC(N)=O)NC(=O)[C@@H]2CCCN2C(=O)[C@H](CCCNC(=N)N)NC(=O)[C@H](CCCC(=O)O)NC(=O)[C@H](C)N(C)C(=O)[C@H](Cc2ccc(C(F)(F)F)cc2)NC(=O)[C@H](C)N(C)C(=O)[C@H](Cc2ccc(C(F)(F)F)cc2)NC(=O)[C@H]([C@@H](C)O)NC(=O)[C@H]([C@@H](C)O)NC(=O)[C@H](CO)NC1=O. The van der Waals surface area contributed by atoms with E-state index in [0.717, 1.165) is 87.6 Å². The molecule has 0 spiro atoms. The molecule has 45 heteroatoms. The van der Waals surface area contributed by atoms with Gasteiger partial charge in [-0.15, -0.1) is 11.8 Å². The van der Waals surface area contributed by atoms with Gasteiger partial charge in [-0.1, -0.05) is 68.4 Å². The molecule has 0 aliphatic carbocycles. The van der Waals surface area contributed by atoms with Gasteiger partial charge in [0.2, 0.25) is 88.6 Å². The van der Waals surface area contributed by atoms with Crippen molar-refractivity contribution in [1.29, 1.82) is 5.41 Å². The van der Waals surface area contributed by atoms with Crippen LogP contribution in [0.1, 0.15) is 114 Å². The van der Waals surface area contributed by atoms with Crippen LogP contribution in [-0.4, -0.2) is 278 Å². The monoisotopic (exact) mass is 1750 g/mol. The summed E-state index contributed by atoms with van der Waals surface area (Å²) in [7, 11) is 2.03. The molecule has 2 heterocycles. The molecule has 0 aromatic heterocycles. The number of aliphatic carboxylic acids is 1. The number of aliphatic hydroxyl groups is 3. The molecule has 3 aromatic carbocycles. The molecule has 21 N–H and O–H groups in total. The third-order valence-electron chi connectivity index (χ3n) is 20.0. The minimum absolute atomic E-state index is 0.0331. The summed E-state index contributed by atoms with van der Waals surface area (Å²) in [5.41, 5.74) is 8.92. The molecule has 2 saturated heterocycles. The second-order valence-corrected chi connectivity index (χ2v) is 30.8. The zero-order chi connectivity index (χ0) is 91.4. The lowest BCUT2D eigenvalue weighted by atomic mass is 10.0. The van der Waals surface area contributed by atoms with E-state index in [1.165, 1.54) is 13.8 Å². The molecule has 0 bridgehead atoms. The zero-order valence-electron chi connectivity index (χ0n) is 68.1. The van der Waals surface area contributed by atoms with Crippen LogP contribution in [0.25, 0.3) is 0 Å². The van der Waals surface area contributed by atoms with Crippen LogP contribution in [0, 0.1) is 11.3 Å². The lowest BCUT2D eigenvalue weighted by molar-refractivity contribution is -0.145. The number of likely N-dealkylation sites (N-methyl/N-ethyl adjacent to an activating group) is 2. The number of amides is 15. The van der Waals surface area contributed by atoms with E-state index in [2.05, 4.69) is 63.8 Å². The highest BCUT2D eigenvalue weighted by Crippen LogP contribution is 2.31. The number of fused-ring (bicyclic) bond motifs is 1. The predicted molar refractivity (Wildman–Crippen MR) is 424 cm³/mol. The summed E-state index contributed by atoms with van der Waals surface area (Å²) in [6.45, 7) is 4.89. The number of nitrogens with two attached hydrogens (primary N) is 2. The number of rotatable bonds is 21. The van der Waals surface area contributed by atoms with Crippen LogP contribution in [0.4, 0.5) is 26.3 Å². The predicted octanol–water partition coefficient (Wildman–Crippen LogP) is -3.44. The van der Waals surface area contributed by atoms with Crippen LogP contribution in [0.15, 0.2) is 78.9 Å². The van der Waals surface area contributed by atoms with Gasteiger partial charge in [0, 0.05) is 58.6 Å². The second-order valence-electron chi connectivity index (χ2n) is 29.7. The summed E-state index contributed by atoms with van der Waals surface area (Å²) in [6, 6.07) is -8.72. The normalized spacial score (nSPS) is 24.8. The average Bonchev–Trinajstić information content (AvgIpc) is 1.44. The van der Waals surface area contributed by atoms with Crippen molar-refractivity contribution in [3.8, 4) is 0 Å². The van der Waals surface area contributed by atoms with Crippen LogP contribution in [-0.2, 0) is 108 Å². The van der Waals surface area contributed by atoms with E-state index in [1.807, 2.05) is 0 Å². The number of thioether (sulfide) groups is 1. The van der Waals surface area contributed by atoms with E-state index >= 15 is 0 Å². The van der Waals surface area contributed by atoms with Crippen molar-refractivity contribution < 1.29 is 123 Å². The largest absolute Gasteiger partial charge is 0.481 e. The molecule has 2 aliphatic rings. The Bertz CT molecular complexity index is 4210.